The molecule has 0 saturated carbocycles. The third-order valence-electron chi connectivity index (χ3n) is 23.8. The van der Waals surface area contributed by atoms with E-state index < -0.39 is 0 Å². The number of fused-ring (bicyclic) bond motifs is 13. The molecule has 0 radical (unpaired) electrons. The standard InChI is InChI=1S/C104H92BN3O/c1-100(2,3)73-49-70(50-74(59-73)101(4,5)6)63-37-43-78(44-38-63)106-91-56-69(71-51-75(102(7,8)9)60-76(52-71)103(10,11)12)40-46-87(91)105-88-45-39-68(66-42-48-96-86(54-66)80-32-23-25-36-95(80)109-96)55-92(88)108(99-83(64-27-18-16-19-28-64)61-77(104(13,14)15)62-84(99)65-29-20-17-21-30-65)94-58-72(57-93(106)97(94)105)67-41-47-90-85(53-67)82-34-26-33-81-79-31-22-24-35-89(79)107(90)98(81)82/h16-62H,1-15H3. The highest BCUT2D eigenvalue weighted by Crippen LogP contribution is 2.54. The predicted molar refractivity (Wildman–Crippen MR) is 469 cm³/mol. The Balaban J connectivity index is 0.951. The number of hydrogen-bond donors (Lipinski definition) is 0. The van der Waals surface area contributed by atoms with Crippen LogP contribution in [0.4, 0.5) is 34.1 Å². The van der Waals surface area contributed by atoms with E-state index in [0.29, 0.717) is 0 Å². The third-order valence-corrected chi connectivity index (χ3v) is 23.8. The van der Waals surface area contributed by atoms with Gasteiger partial charge in [-0.1, -0.05) is 304 Å². The Morgan fingerprint density at radius 3 is 1.23 bits per heavy atom. The van der Waals surface area contributed by atoms with E-state index in [1.165, 1.54) is 105 Å². The summed E-state index contributed by atoms with van der Waals surface area (Å²) < 4.78 is 9.05. The van der Waals surface area contributed by atoms with E-state index in [-0.39, 0.29) is 33.8 Å². The highest BCUT2D eigenvalue weighted by Gasteiger charge is 2.45. The van der Waals surface area contributed by atoms with Gasteiger partial charge in [-0.2, -0.15) is 0 Å². The summed E-state index contributed by atoms with van der Waals surface area (Å²) in [7, 11) is 0. The van der Waals surface area contributed by atoms with Gasteiger partial charge in [-0.15, -0.1) is 0 Å². The Morgan fingerprint density at radius 2 is 0.651 bits per heavy atom. The Morgan fingerprint density at radius 1 is 0.257 bits per heavy atom. The fraction of sp³-hybridized carbons (Fsp3) is 0.192. The van der Waals surface area contributed by atoms with Crippen LogP contribution < -0.4 is 26.2 Å². The minimum Gasteiger partial charge on any atom is -0.456 e. The molecule has 19 rings (SSSR count). The average Bonchev–Trinajstić information content (AvgIpc) is 1.06. The first-order valence-corrected chi connectivity index (χ1v) is 39.1. The molecular weight excluding hydrogens is 1320 g/mol. The first-order chi connectivity index (χ1) is 52.2. The fourth-order valence-corrected chi connectivity index (χ4v) is 17.7. The summed E-state index contributed by atoms with van der Waals surface area (Å²) in [6.45, 7) is 35.0. The quantitative estimate of drug-likeness (QED) is 0.142. The van der Waals surface area contributed by atoms with E-state index in [4.69, 9.17) is 4.42 Å². The van der Waals surface area contributed by atoms with Crippen molar-refractivity contribution in [2.75, 3.05) is 9.80 Å². The van der Waals surface area contributed by atoms with E-state index >= 15 is 0 Å². The van der Waals surface area contributed by atoms with Gasteiger partial charge in [0.25, 0.3) is 6.71 Å². The number of para-hydroxylation sites is 3. The Hall–Kier alpha value is -11.7. The van der Waals surface area contributed by atoms with Gasteiger partial charge in [-0.05, 0) is 212 Å². The fourth-order valence-electron chi connectivity index (χ4n) is 17.7. The highest BCUT2D eigenvalue weighted by molar-refractivity contribution is 7.00. The van der Waals surface area contributed by atoms with Crippen molar-refractivity contribution >= 4 is 117 Å². The second kappa shape index (κ2) is 24.4. The molecule has 0 N–H and O–H groups in total. The second-order valence-corrected chi connectivity index (χ2v) is 36.2. The lowest BCUT2D eigenvalue weighted by Crippen LogP contribution is -2.61. The molecule has 17 aromatic rings. The molecule has 0 atom stereocenters. The first kappa shape index (κ1) is 67.9. The summed E-state index contributed by atoms with van der Waals surface area (Å²) in [4.78, 5) is 5.37. The monoisotopic (exact) mass is 1410 g/mol. The van der Waals surface area contributed by atoms with Crippen molar-refractivity contribution in [3.63, 3.8) is 0 Å². The number of nitrogens with zero attached hydrogens (tertiary/aromatic N) is 3. The lowest BCUT2D eigenvalue weighted by atomic mass is 9.33. The van der Waals surface area contributed by atoms with Crippen LogP contribution in [-0.2, 0) is 27.1 Å². The number of aromatic nitrogens is 1. The van der Waals surface area contributed by atoms with Crippen molar-refractivity contribution in [2.45, 2.75) is 131 Å². The SMILES string of the molecule is CC(C)(C)c1cc(-c2ccc(N3c4cc(-c5cc(C(C)(C)C)cc(C(C)(C)C)c5)ccc4B4c5ccc(-c6ccc7oc8ccccc8c7c6)cc5N(c5c(-c6ccccc6)cc(C(C)(C)C)cc5-c5ccccc5)c5cc(-c6ccc7c(c6)c6cccc8c9ccccc9n7c86)cc3c54)cc2)cc(C(C)(C)C)c1. The number of hydrogen-bond acceptors (Lipinski definition) is 3. The molecule has 4 nitrogen and oxygen atoms in total. The van der Waals surface area contributed by atoms with Crippen LogP contribution in [-0.4, -0.2) is 11.1 Å². The van der Waals surface area contributed by atoms with Crippen molar-refractivity contribution in [1.29, 1.82) is 0 Å². The van der Waals surface area contributed by atoms with Crippen LogP contribution in [0, 0.1) is 0 Å². The molecule has 109 heavy (non-hydrogen) atoms. The summed E-state index contributed by atoms with van der Waals surface area (Å²) in [5, 5.41) is 7.25. The van der Waals surface area contributed by atoms with Crippen LogP contribution in [0.2, 0.25) is 0 Å². The molecule has 0 aliphatic carbocycles. The molecule has 2 aliphatic rings. The van der Waals surface area contributed by atoms with Gasteiger partial charge in [-0.3, -0.25) is 0 Å². The summed E-state index contributed by atoms with van der Waals surface area (Å²) >= 11 is 0. The lowest BCUT2D eigenvalue weighted by molar-refractivity contribution is 0.568. The van der Waals surface area contributed by atoms with Crippen molar-refractivity contribution in [3.8, 4) is 66.8 Å². The van der Waals surface area contributed by atoms with E-state index in [2.05, 4.69) is 403 Å². The summed E-state index contributed by atoms with van der Waals surface area (Å²) in [6.07, 6.45) is 0. The van der Waals surface area contributed by atoms with Gasteiger partial charge in [0, 0.05) is 71.9 Å². The molecule has 0 saturated heterocycles. The molecule has 0 fully saturated rings. The largest absolute Gasteiger partial charge is 0.456 e. The van der Waals surface area contributed by atoms with E-state index in [0.717, 1.165) is 101 Å². The summed E-state index contributed by atoms with van der Waals surface area (Å²) in [5.74, 6) is 0. The van der Waals surface area contributed by atoms with Crippen molar-refractivity contribution < 1.29 is 4.42 Å². The number of rotatable bonds is 8. The topological polar surface area (TPSA) is 24.0 Å². The maximum Gasteiger partial charge on any atom is 0.252 e. The maximum atomic E-state index is 6.55. The van der Waals surface area contributed by atoms with Gasteiger partial charge in [0.2, 0.25) is 0 Å². The summed E-state index contributed by atoms with van der Waals surface area (Å²) in [5.41, 5.74) is 36.1. The molecule has 14 aromatic carbocycles. The van der Waals surface area contributed by atoms with E-state index in [1.54, 1.807) is 0 Å². The molecule has 0 bridgehead atoms. The second-order valence-electron chi connectivity index (χ2n) is 36.2. The van der Waals surface area contributed by atoms with E-state index in [1.807, 2.05) is 0 Å². The summed E-state index contributed by atoms with van der Waals surface area (Å²) in [6, 6.07) is 110. The smallest absolute Gasteiger partial charge is 0.252 e. The van der Waals surface area contributed by atoms with Crippen LogP contribution in [0.5, 0.6) is 0 Å². The number of benzene rings is 14. The average molecular weight is 1410 g/mol. The predicted octanol–water partition coefficient (Wildman–Crippen LogP) is 27.3. The normalized spacial score (nSPS) is 13.4. The molecular formula is C104H92BN3O. The maximum absolute atomic E-state index is 6.55. The molecule has 2 aliphatic heterocycles. The zero-order chi connectivity index (χ0) is 75.1. The third kappa shape index (κ3) is 11.2. The zero-order valence-electron chi connectivity index (χ0n) is 65.5. The number of anilines is 6. The Labute approximate surface area is 642 Å². The molecule has 5 heterocycles. The van der Waals surface area contributed by atoms with Gasteiger partial charge in [0.05, 0.1) is 22.2 Å². The van der Waals surface area contributed by atoms with Gasteiger partial charge in [0.15, 0.2) is 0 Å². The molecule has 0 amide bonds. The van der Waals surface area contributed by atoms with Gasteiger partial charge >= 0.3 is 0 Å². The van der Waals surface area contributed by atoms with Crippen LogP contribution in [0.1, 0.15) is 132 Å². The van der Waals surface area contributed by atoms with Crippen LogP contribution >= 0.6 is 0 Å². The molecule has 0 spiro atoms. The van der Waals surface area contributed by atoms with Crippen LogP contribution in [0.15, 0.2) is 290 Å². The lowest BCUT2D eigenvalue weighted by Gasteiger charge is -2.45. The van der Waals surface area contributed by atoms with Crippen molar-refractivity contribution in [2.24, 2.45) is 0 Å². The van der Waals surface area contributed by atoms with Crippen LogP contribution in [0.25, 0.3) is 127 Å². The first-order valence-electron chi connectivity index (χ1n) is 39.1. The van der Waals surface area contributed by atoms with Crippen LogP contribution in [0.3, 0.4) is 0 Å². The minimum atomic E-state index is -0.216. The van der Waals surface area contributed by atoms with Gasteiger partial charge < -0.3 is 18.6 Å². The minimum absolute atomic E-state index is 0.0480. The zero-order valence-corrected chi connectivity index (χ0v) is 65.5. The van der Waals surface area contributed by atoms with E-state index in [9.17, 15) is 0 Å². The molecule has 0 unspecified atom stereocenters. The Bertz CT molecular complexity index is 6430. The molecule has 5 heteroatoms. The Kier molecular flexibility index (Phi) is 15.2. The van der Waals surface area contributed by atoms with Crippen molar-refractivity contribution in [3.05, 3.63) is 313 Å². The van der Waals surface area contributed by atoms with Gasteiger partial charge in [-0.25, -0.2) is 0 Å². The van der Waals surface area contributed by atoms with Crippen molar-refractivity contribution in [1.82, 2.24) is 4.40 Å². The van der Waals surface area contributed by atoms with Gasteiger partial charge in [0.1, 0.15) is 11.2 Å². The molecule has 532 valence electrons. The highest BCUT2D eigenvalue weighted by atomic mass is 16.3. The number of furan rings is 1. The molecule has 3 aromatic heterocycles.